The SMILES string of the molecule is Cc1cc2c3c(c1)N(c1cc4c(cc1C)C(C)(C)CC4(C)C)c1cc4c(cc1B3c1ccc(N3c5ccc(C(C)(C)C)cc5C5(C)CCCCC35C)cc1N2c1cc2c(cc1C)C(C)(C)CCC2(C)C)C(C)(C)CC4(C)C. The molecule has 1 saturated carbocycles. The summed E-state index contributed by atoms with van der Waals surface area (Å²) in [5, 5.41) is 0. The van der Waals surface area contributed by atoms with Crippen molar-refractivity contribution >= 4 is 68.6 Å². The van der Waals surface area contributed by atoms with E-state index in [1.807, 2.05) is 0 Å². The molecule has 0 saturated heterocycles. The van der Waals surface area contributed by atoms with Gasteiger partial charge in [0.25, 0.3) is 6.71 Å². The molecule has 0 spiro atoms. The van der Waals surface area contributed by atoms with Crippen molar-refractivity contribution in [3.8, 4) is 0 Å². The van der Waals surface area contributed by atoms with Crippen molar-refractivity contribution in [3.05, 3.63) is 146 Å². The van der Waals surface area contributed by atoms with Crippen LogP contribution in [0.25, 0.3) is 0 Å². The number of benzene rings is 6. The van der Waals surface area contributed by atoms with E-state index in [0.29, 0.717) is 0 Å². The summed E-state index contributed by atoms with van der Waals surface area (Å²) in [5.41, 5.74) is 31.5. The monoisotopic (exact) mass is 1020 g/mol. The van der Waals surface area contributed by atoms with E-state index >= 15 is 0 Å². The van der Waals surface area contributed by atoms with E-state index in [1.54, 1.807) is 0 Å². The summed E-state index contributed by atoms with van der Waals surface area (Å²) in [6, 6.07) is 36.4. The van der Waals surface area contributed by atoms with Crippen molar-refractivity contribution < 1.29 is 0 Å². The van der Waals surface area contributed by atoms with Gasteiger partial charge in [0.05, 0.1) is 5.54 Å². The van der Waals surface area contributed by atoms with Gasteiger partial charge < -0.3 is 14.7 Å². The van der Waals surface area contributed by atoms with Crippen LogP contribution in [0.1, 0.15) is 230 Å². The third-order valence-electron chi connectivity index (χ3n) is 22.2. The van der Waals surface area contributed by atoms with E-state index in [1.165, 1.54) is 162 Å². The maximum absolute atomic E-state index is 2.84. The second-order valence-electron chi connectivity index (χ2n) is 31.7. The number of hydrogen-bond donors (Lipinski definition) is 0. The third-order valence-corrected chi connectivity index (χ3v) is 22.2. The van der Waals surface area contributed by atoms with Gasteiger partial charge in [-0.05, 0) is 230 Å². The normalized spacial score (nSPS) is 24.8. The lowest BCUT2D eigenvalue weighted by Crippen LogP contribution is -2.62. The molecule has 3 nitrogen and oxygen atoms in total. The minimum Gasteiger partial charge on any atom is -0.334 e. The Bertz CT molecular complexity index is 3570. The van der Waals surface area contributed by atoms with Crippen molar-refractivity contribution in [2.75, 3.05) is 14.7 Å². The summed E-state index contributed by atoms with van der Waals surface area (Å²) < 4.78 is 0. The molecule has 2 unspecified atom stereocenters. The van der Waals surface area contributed by atoms with Gasteiger partial charge in [-0.1, -0.05) is 160 Å². The van der Waals surface area contributed by atoms with Gasteiger partial charge in [0.15, 0.2) is 0 Å². The molecule has 0 amide bonds. The van der Waals surface area contributed by atoms with Crippen LogP contribution in [-0.2, 0) is 43.3 Å². The van der Waals surface area contributed by atoms with Crippen LogP contribution in [0.3, 0.4) is 0 Å². The highest BCUT2D eigenvalue weighted by Gasteiger charge is 2.58. The number of rotatable bonds is 3. The molecule has 0 radical (unpaired) electrons. The smallest absolute Gasteiger partial charge is 0.252 e. The first-order valence-electron chi connectivity index (χ1n) is 30.1. The molecule has 2 atom stereocenters. The van der Waals surface area contributed by atoms with Gasteiger partial charge >= 0.3 is 0 Å². The largest absolute Gasteiger partial charge is 0.334 e. The van der Waals surface area contributed by atoms with Crippen molar-refractivity contribution in [1.82, 2.24) is 0 Å². The maximum atomic E-state index is 2.84. The molecule has 7 aliphatic rings. The molecule has 4 aliphatic carbocycles. The van der Waals surface area contributed by atoms with Crippen LogP contribution in [0.5, 0.6) is 0 Å². The summed E-state index contributed by atoms with van der Waals surface area (Å²) in [6.07, 6.45) is 9.56. The fourth-order valence-electron chi connectivity index (χ4n) is 18.1. The average Bonchev–Trinajstić information content (AvgIpc) is 4.02. The van der Waals surface area contributed by atoms with Gasteiger partial charge in [0, 0.05) is 50.9 Å². The lowest BCUT2D eigenvalue weighted by atomic mass is 9.33. The zero-order valence-corrected chi connectivity index (χ0v) is 51.2. The molecule has 6 aromatic rings. The molecule has 3 heterocycles. The van der Waals surface area contributed by atoms with E-state index in [9.17, 15) is 0 Å². The van der Waals surface area contributed by atoms with Crippen LogP contribution >= 0.6 is 0 Å². The predicted molar refractivity (Wildman–Crippen MR) is 333 cm³/mol. The minimum atomic E-state index is -0.0782. The fourth-order valence-corrected chi connectivity index (χ4v) is 18.1. The lowest BCUT2D eigenvalue weighted by molar-refractivity contribution is 0.195. The first-order valence-corrected chi connectivity index (χ1v) is 30.1. The van der Waals surface area contributed by atoms with Gasteiger partial charge in [-0.2, -0.15) is 0 Å². The molecule has 6 aromatic carbocycles. The molecule has 3 aliphatic heterocycles. The highest BCUT2D eigenvalue weighted by Crippen LogP contribution is 2.63. The van der Waals surface area contributed by atoms with E-state index in [4.69, 9.17) is 0 Å². The van der Waals surface area contributed by atoms with Crippen LogP contribution in [0.4, 0.5) is 45.5 Å². The summed E-state index contributed by atoms with van der Waals surface area (Å²) in [6.45, 7) is 49.4. The fraction of sp³-hybridized carbons (Fsp3) is 0.507. The average molecular weight is 1020 g/mol. The lowest BCUT2D eigenvalue weighted by Gasteiger charge is -2.51. The Hall–Kier alpha value is -5.22. The highest BCUT2D eigenvalue weighted by molar-refractivity contribution is 7.00. The topological polar surface area (TPSA) is 9.72 Å². The van der Waals surface area contributed by atoms with Gasteiger partial charge in [0.1, 0.15) is 0 Å². The Morgan fingerprint density at radius 3 is 1.42 bits per heavy atom. The Morgan fingerprint density at radius 1 is 0.403 bits per heavy atom. The second kappa shape index (κ2) is 15.6. The Balaban J connectivity index is 1.13. The van der Waals surface area contributed by atoms with Crippen molar-refractivity contribution in [3.63, 3.8) is 0 Å². The van der Waals surface area contributed by atoms with Gasteiger partial charge in [-0.3, -0.25) is 0 Å². The summed E-state index contributed by atoms with van der Waals surface area (Å²) in [7, 11) is 0. The first-order chi connectivity index (χ1) is 35.7. The molecule has 0 bridgehead atoms. The summed E-state index contributed by atoms with van der Waals surface area (Å²) >= 11 is 0. The van der Waals surface area contributed by atoms with Crippen LogP contribution in [0.2, 0.25) is 0 Å². The highest BCUT2D eigenvalue weighted by atomic mass is 15.3. The van der Waals surface area contributed by atoms with Crippen LogP contribution in [0, 0.1) is 20.8 Å². The molecule has 77 heavy (non-hydrogen) atoms. The zero-order chi connectivity index (χ0) is 55.1. The van der Waals surface area contributed by atoms with Gasteiger partial charge in [-0.15, -0.1) is 0 Å². The molecule has 400 valence electrons. The minimum absolute atomic E-state index is 0.0247. The van der Waals surface area contributed by atoms with E-state index in [2.05, 4.69) is 238 Å². The van der Waals surface area contributed by atoms with Gasteiger partial charge in [0.2, 0.25) is 0 Å². The quantitative estimate of drug-likeness (QED) is 0.163. The molecular weight excluding hydrogens is 930 g/mol. The third kappa shape index (κ3) is 6.93. The molecule has 13 rings (SSSR count). The van der Waals surface area contributed by atoms with E-state index < -0.39 is 0 Å². The van der Waals surface area contributed by atoms with Crippen LogP contribution in [0.15, 0.2) is 84.9 Å². The van der Waals surface area contributed by atoms with E-state index in [0.717, 1.165) is 12.8 Å². The van der Waals surface area contributed by atoms with E-state index in [-0.39, 0.29) is 55.6 Å². The number of aryl methyl sites for hydroxylation is 3. The molecule has 4 heteroatoms. The van der Waals surface area contributed by atoms with Crippen LogP contribution < -0.4 is 31.1 Å². The Morgan fingerprint density at radius 2 is 0.870 bits per heavy atom. The Labute approximate surface area is 465 Å². The number of fused-ring (bicyclic) bond motifs is 10. The predicted octanol–water partition coefficient (Wildman–Crippen LogP) is 18.0. The maximum Gasteiger partial charge on any atom is 0.252 e. The van der Waals surface area contributed by atoms with Gasteiger partial charge in [-0.25, -0.2) is 0 Å². The summed E-state index contributed by atoms with van der Waals surface area (Å²) in [4.78, 5) is 8.38. The molecule has 0 aromatic heterocycles. The van der Waals surface area contributed by atoms with Crippen molar-refractivity contribution in [2.45, 2.75) is 239 Å². The number of anilines is 8. The number of nitrogens with zero attached hydrogens (tertiary/aromatic N) is 3. The zero-order valence-electron chi connectivity index (χ0n) is 51.2. The van der Waals surface area contributed by atoms with Crippen molar-refractivity contribution in [2.24, 2.45) is 0 Å². The molecular formula is C73H90BN3. The Kier molecular flexibility index (Phi) is 10.4. The van der Waals surface area contributed by atoms with Crippen LogP contribution in [-0.4, -0.2) is 12.3 Å². The summed E-state index contributed by atoms with van der Waals surface area (Å²) in [5.74, 6) is 0. The standard InChI is InChI=1S/C73H90BN3/c1-43-31-62-64-63(32-43)76(59-39-52-49(34-45(59)3)68(11,12)41-70(52,15)16)61-40-53-50(69(13,14)42-71(53,17)18)37-56(61)74(64)55-25-24-47(36-60(55)75(62)58-38-51-48(33-44(58)2)66(7,8)29-30-67(51,9)10)77-57-26-23-46(65(4,5)6)35-54(57)72(19)27-21-22-28-73(72,77)20/h23-26,31-40H,21-22,27-30,41-42H2,1-20H3. The number of hydrogen-bond acceptors (Lipinski definition) is 3. The molecule has 1 fully saturated rings. The van der Waals surface area contributed by atoms with Crippen molar-refractivity contribution in [1.29, 1.82) is 0 Å². The second-order valence-corrected chi connectivity index (χ2v) is 31.7. The molecule has 0 N–H and O–H groups in total. The first kappa shape index (κ1) is 51.2.